The summed E-state index contributed by atoms with van der Waals surface area (Å²) in [6.45, 7) is 1.27. The molecule has 1 atom stereocenters. The van der Waals surface area contributed by atoms with Crippen molar-refractivity contribution in [1.29, 1.82) is 5.26 Å². The van der Waals surface area contributed by atoms with Crippen LogP contribution in [-0.4, -0.2) is 44.7 Å². The van der Waals surface area contributed by atoms with Crippen molar-refractivity contribution in [3.8, 4) is 6.07 Å². The summed E-state index contributed by atoms with van der Waals surface area (Å²) in [4.78, 5) is 25.4. The van der Waals surface area contributed by atoms with Gasteiger partial charge in [-0.25, -0.2) is 14.4 Å². The minimum absolute atomic E-state index is 0.0162. The summed E-state index contributed by atoms with van der Waals surface area (Å²) < 4.78 is 22.1. The third kappa shape index (κ3) is 4.72. The Morgan fingerprint density at radius 2 is 2.06 bits per heavy atom. The third-order valence-corrected chi connectivity index (χ3v) is 6.87. The lowest BCUT2D eigenvalue weighted by Gasteiger charge is -2.29. The molecule has 0 radical (unpaired) electrons. The smallest absolute Gasteiger partial charge is 0.225 e. The number of benzene rings is 1. The highest BCUT2D eigenvalue weighted by atomic mass is 35.5. The predicted octanol–water partition coefficient (Wildman–Crippen LogP) is 3.65. The molecule has 3 aromatic rings. The largest absolute Gasteiger partial charge is 0.379 e. The maximum atomic E-state index is 14.8. The van der Waals surface area contributed by atoms with Gasteiger partial charge in [0, 0.05) is 18.6 Å². The predicted molar refractivity (Wildman–Crippen MR) is 128 cm³/mol. The van der Waals surface area contributed by atoms with Crippen molar-refractivity contribution < 1.29 is 13.9 Å². The highest BCUT2D eigenvalue weighted by Gasteiger charge is 2.30. The number of ether oxygens (including phenoxy) is 1. The molecule has 0 spiro atoms. The zero-order chi connectivity index (χ0) is 24.5. The van der Waals surface area contributed by atoms with Gasteiger partial charge in [0.15, 0.2) is 5.65 Å². The first-order valence-electron chi connectivity index (χ1n) is 11.5. The molecule has 1 amide bonds. The van der Waals surface area contributed by atoms with Gasteiger partial charge in [0.05, 0.1) is 41.2 Å². The molecule has 4 N–H and O–H groups in total. The molecule has 0 bridgehead atoms. The maximum absolute atomic E-state index is 14.8. The minimum atomic E-state index is -0.667. The molecule has 10 nitrogen and oxygen atoms in total. The second-order valence-corrected chi connectivity index (χ2v) is 9.28. The lowest BCUT2D eigenvalue weighted by Crippen LogP contribution is -2.29. The number of hydrogen-bond donors (Lipinski definition) is 3. The molecule has 1 aliphatic heterocycles. The molecule has 1 saturated heterocycles. The van der Waals surface area contributed by atoms with Gasteiger partial charge in [-0.1, -0.05) is 11.6 Å². The molecule has 1 saturated carbocycles. The lowest BCUT2D eigenvalue weighted by atomic mass is 9.85. The Balaban J connectivity index is 1.54. The average molecular weight is 499 g/mol. The Labute approximate surface area is 205 Å². The lowest BCUT2D eigenvalue weighted by molar-refractivity contribution is -0.122. The number of hydrogen-bond acceptors (Lipinski definition) is 8. The Bertz CT molecular complexity index is 1290. The van der Waals surface area contributed by atoms with Crippen LogP contribution in [0.5, 0.6) is 0 Å². The molecule has 2 aliphatic rings. The van der Waals surface area contributed by atoms with E-state index >= 15 is 0 Å². The van der Waals surface area contributed by atoms with Crippen LogP contribution in [0.4, 0.5) is 22.0 Å². The van der Waals surface area contributed by atoms with E-state index < -0.39 is 5.82 Å². The fraction of sp³-hybridized carbons (Fsp3) is 0.435. The number of rotatable bonds is 6. The third-order valence-electron chi connectivity index (χ3n) is 6.57. The number of anilines is 3. The summed E-state index contributed by atoms with van der Waals surface area (Å²) >= 11 is 6.28. The van der Waals surface area contributed by atoms with Gasteiger partial charge < -0.3 is 21.1 Å². The summed E-state index contributed by atoms with van der Waals surface area (Å²) in [5.41, 5.74) is 6.77. The van der Waals surface area contributed by atoms with Crippen LogP contribution in [0.2, 0.25) is 5.02 Å². The first-order chi connectivity index (χ1) is 16.9. The molecule has 1 aromatic carbocycles. The van der Waals surface area contributed by atoms with E-state index in [-0.39, 0.29) is 40.2 Å². The Hall–Kier alpha value is -3.49. The van der Waals surface area contributed by atoms with Gasteiger partial charge in [0.25, 0.3) is 0 Å². The highest BCUT2D eigenvalue weighted by Crippen LogP contribution is 2.38. The van der Waals surface area contributed by atoms with E-state index in [1.54, 1.807) is 6.20 Å². The van der Waals surface area contributed by atoms with Crippen molar-refractivity contribution in [2.45, 2.75) is 44.2 Å². The molecule has 2 aromatic heterocycles. The number of nitrogens with one attached hydrogen (secondary N) is 2. The molecule has 5 rings (SSSR count). The standard InChI is InChI=1S/C23H24ClFN8O2/c24-16-7-12(9-26)8-17(25)19(16)31-23-30-18-10-28-22(29-14-5-6-35-11-14)32-21(18)33(23)15-3-1-13(2-4-15)20(27)34/h7-8,10,13-15H,1-6,11H2,(H2,27,34)(H,30,31)(H,28,29,32)/t13-,14-,15-/m1/s1. The van der Waals surface area contributed by atoms with Crippen molar-refractivity contribution in [2.24, 2.45) is 11.7 Å². The fourth-order valence-electron chi connectivity index (χ4n) is 4.71. The summed E-state index contributed by atoms with van der Waals surface area (Å²) in [6, 6.07) is 4.48. The second kappa shape index (κ2) is 9.64. The summed E-state index contributed by atoms with van der Waals surface area (Å²) in [5.74, 6) is -0.328. The van der Waals surface area contributed by atoms with Crippen molar-refractivity contribution in [3.05, 3.63) is 34.7 Å². The second-order valence-electron chi connectivity index (χ2n) is 8.87. The highest BCUT2D eigenvalue weighted by molar-refractivity contribution is 6.33. The van der Waals surface area contributed by atoms with Crippen LogP contribution in [0, 0.1) is 23.1 Å². The number of fused-ring (bicyclic) bond motifs is 1. The topological polar surface area (TPSA) is 144 Å². The minimum Gasteiger partial charge on any atom is -0.379 e. The Kier molecular flexibility index (Phi) is 6.40. The van der Waals surface area contributed by atoms with Crippen molar-refractivity contribution >= 4 is 46.3 Å². The number of amides is 1. The average Bonchev–Trinajstić information content (AvgIpc) is 3.48. The number of halogens is 2. The summed E-state index contributed by atoms with van der Waals surface area (Å²) in [6.07, 6.45) is 5.12. The van der Waals surface area contributed by atoms with Crippen LogP contribution >= 0.6 is 11.6 Å². The monoisotopic (exact) mass is 498 g/mol. The number of aromatic nitrogens is 4. The van der Waals surface area contributed by atoms with Gasteiger partial charge in [-0.15, -0.1) is 0 Å². The molecular formula is C23H24ClFN8O2. The van der Waals surface area contributed by atoms with Gasteiger partial charge in [-0.2, -0.15) is 10.2 Å². The molecule has 0 unspecified atom stereocenters. The zero-order valence-corrected chi connectivity index (χ0v) is 19.6. The molecule has 2 fully saturated rings. The van der Waals surface area contributed by atoms with Crippen molar-refractivity contribution in [1.82, 2.24) is 19.5 Å². The van der Waals surface area contributed by atoms with E-state index in [1.807, 2.05) is 10.6 Å². The van der Waals surface area contributed by atoms with Crippen molar-refractivity contribution in [3.63, 3.8) is 0 Å². The maximum Gasteiger partial charge on any atom is 0.225 e. The Morgan fingerprint density at radius 3 is 2.71 bits per heavy atom. The van der Waals surface area contributed by atoms with Crippen LogP contribution in [0.15, 0.2) is 18.3 Å². The molecule has 3 heterocycles. The number of carbonyl (C=O) groups excluding carboxylic acids is 1. The SMILES string of the molecule is N#Cc1cc(F)c(Nc2nc3cnc(N[C@@H]4CCOC4)nc3n2[C@H]2CC[C@H](C(N)=O)CC2)c(Cl)c1. The molecule has 1 aliphatic carbocycles. The molecule has 182 valence electrons. The van der Waals surface area contributed by atoms with E-state index in [0.717, 1.165) is 12.5 Å². The van der Waals surface area contributed by atoms with E-state index in [1.165, 1.54) is 6.07 Å². The van der Waals surface area contributed by atoms with Gasteiger partial charge in [0.1, 0.15) is 11.3 Å². The van der Waals surface area contributed by atoms with E-state index in [0.29, 0.717) is 62.0 Å². The van der Waals surface area contributed by atoms with Gasteiger partial charge in [-0.3, -0.25) is 9.36 Å². The number of primary amides is 1. The van der Waals surface area contributed by atoms with Crippen LogP contribution < -0.4 is 16.4 Å². The quantitative estimate of drug-likeness (QED) is 0.467. The molecular weight excluding hydrogens is 475 g/mol. The van der Waals surface area contributed by atoms with E-state index in [9.17, 15) is 9.18 Å². The van der Waals surface area contributed by atoms with Gasteiger partial charge in [0.2, 0.25) is 17.8 Å². The van der Waals surface area contributed by atoms with Crippen molar-refractivity contribution in [2.75, 3.05) is 23.8 Å². The van der Waals surface area contributed by atoms with Gasteiger partial charge in [-0.05, 0) is 44.2 Å². The first-order valence-corrected chi connectivity index (χ1v) is 11.9. The van der Waals surface area contributed by atoms with Crippen LogP contribution in [0.3, 0.4) is 0 Å². The number of nitriles is 1. The summed E-state index contributed by atoms with van der Waals surface area (Å²) in [7, 11) is 0. The fourth-order valence-corrected chi connectivity index (χ4v) is 4.97. The summed E-state index contributed by atoms with van der Waals surface area (Å²) in [5, 5.41) is 15.5. The van der Waals surface area contributed by atoms with E-state index in [4.69, 9.17) is 32.3 Å². The van der Waals surface area contributed by atoms with Crippen LogP contribution in [0.1, 0.15) is 43.7 Å². The van der Waals surface area contributed by atoms with E-state index in [2.05, 4.69) is 20.6 Å². The number of carbonyl (C=O) groups is 1. The number of nitrogens with two attached hydrogens (primary N) is 1. The number of nitrogens with zero attached hydrogens (tertiary/aromatic N) is 5. The Morgan fingerprint density at radius 1 is 1.26 bits per heavy atom. The molecule has 35 heavy (non-hydrogen) atoms. The normalized spacial score (nSPS) is 22.1. The molecule has 12 heteroatoms. The van der Waals surface area contributed by atoms with Crippen LogP contribution in [0.25, 0.3) is 11.2 Å². The van der Waals surface area contributed by atoms with Crippen LogP contribution in [-0.2, 0) is 9.53 Å². The number of imidazole rings is 1. The zero-order valence-electron chi connectivity index (χ0n) is 18.8. The van der Waals surface area contributed by atoms with Gasteiger partial charge >= 0.3 is 0 Å². The first kappa shape index (κ1) is 23.3.